The number of nitrogens with zero attached hydrogens (tertiary/aromatic N) is 1. The number of aromatic nitrogens is 2. The van der Waals surface area contributed by atoms with Crippen LogP contribution in [0.1, 0.15) is 12.5 Å². The number of benzene rings is 1. The van der Waals surface area contributed by atoms with E-state index >= 15 is 0 Å². The highest BCUT2D eigenvalue weighted by Gasteiger charge is 2.20. The summed E-state index contributed by atoms with van der Waals surface area (Å²) in [5, 5.41) is 0. The average molecular weight is 340 g/mol. The number of aromatic amines is 1. The summed E-state index contributed by atoms with van der Waals surface area (Å²) in [6, 6.07) is 7.56. The molecule has 7 heteroatoms. The monoisotopic (exact) mass is 340 g/mol. The summed E-state index contributed by atoms with van der Waals surface area (Å²) in [5.41, 5.74) is 2.25. The second kappa shape index (κ2) is 5.82. The van der Waals surface area contributed by atoms with E-state index in [9.17, 15) is 8.42 Å². The molecular weight excluding hydrogens is 324 g/mol. The smallest absolute Gasteiger partial charge is 0.180 e. The van der Waals surface area contributed by atoms with E-state index in [1.165, 1.54) is 0 Å². The Morgan fingerprint density at radius 3 is 2.48 bits per heavy atom. The predicted molar refractivity (Wildman–Crippen MR) is 89.4 cm³/mol. The van der Waals surface area contributed by atoms with E-state index in [4.69, 9.17) is 24.4 Å². The molecule has 1 aromatic heterocycles. The minimum atomic E-state index is -3.48. The number of nitrogens with one attached hydrogen (secondary N) is 1. The molecule has 0 amide bonds. The van der Waals surface area contributed by atoms with Gasteiger partial charge in [0.25, 0.3) is 0 Å². The van der Waals surface area contributed by atoms with Crippen molar-refractivity contribution in [1.29, 1.82) is 0 Å². The van der Waals surface area contributed by atoms with Crippen LogP contribution in [0.5, 0.6) is 0 Å². The number of hydrogen-bond donors (Lipinski definition) is 1. The molecule has 0 saturated heterocycles. The normalized spacial score (nSPS) is 11.6. The van der Waals surface area contributed by atoms with E-state index < -0.39 is 9.84 Å². The number of H-pyrrole nitrogens is 1. The van der Waals surface area contributed by atoms with Crippen molar-refractivity contribution in [1.82, 2.24) is 9.55 Å². The van der Waals surface area contributed by atoms with Gasteiger partial charge in [0.2, 0.25) is 0 Å². The Morgan fingerprint density at radius 1 is 1.29 bits per heavy atom. The fourth-order valence-electron chi connectivity index (χ4n) is 2.19. The van der Waals surface area contributed by atoms with E-state index in [-0.39, 0.29) is 9.54 Å². The fraction of sp³-hybridized carbons (Fsp3) is 0.286. The standard InChI is InChI=1S/C14H16N2O2S3/c1-4-16-13(19)12(21(3,17)18)11(15-14(16)20)10-7-5-6-9(2)8-10/h5-8H,4H2,1-3H3,(H,15,20). The van der Waals surface area contributed by atoms with Crippen molar-refractivity contribution < 1.29 is 8.42 Å². The molecule has 0 atom stereocenters. The topological polar surface area (TPSA) is 54.9 Å². The van der Waals surface area contributed by atoms with E-state index in [0.29, 0.717) is 17.0 Å². The maximum absolute atomic E-state index is 12.2. The lowest BCUT2D eigenvalue weighted by molar-refractivity contribution is 0.597. The van der Waals surface area contributed by atoms with Crippen LogP contribution in [0.15, 0.2) is 29.2 Å². The number of hydrogen-bond acceptors (Lipinski definition) is 4. The Balaban J connectivity index is 2.97. The van der Waals surface area contributed by atoms with Crippen LogP contribution in [-0.2, 0) is 16.4 Å². The van der Waals surface area contributed by atoms with Crippen molar-refractivity contribution in [3.63, 3.8) is 0 Å². The van der Waals surface area contributed by atoms with Crippen LogP contribution < -0.4 is 0 Å². The van der Waals surface area contributed by atoms with E-state index in [2.05, 4.69) is 4.98 Å². The van der Waals surface area contributed by atoms with Gasteiger partial charge in [0.15, 0.2) is 14.6 Å². The third kappa shape index (κ3) is 3.14. The molecule has 0 radical (unpaired) electrons. The Morgan fingerprint density at radius 2 is 1.95 bits per heavy atom. The maximum atomic E-state index is 12.2. The van der Waals surface area contributed by atoms with Gasteiger partial charge in [-0.05, 0) is 37.7 Å². The zero-order valence-electron chi connectivity index (χ0n) is 12.0. The molecule has 0 fully saturated rings. The minimum Gasteiger partial charge on any atom is -0.331 e. The lowest BCUT2D eigenvalue weighted by Crippen LogP contribution is -2.11. The molecule has 1 heterocycles. The van der Waals surface area contributed by atoms with Gasteiger partial charge in [-0.15, -0.1) is 0 Å². The van der Waals surface area contributed by atoms with Crippen LogP contribution in [0.4, 0.5) is 0 Å². The lowest BCUT2D eigenvalue weighted by Gasteiger charge is -2.13. The minimum absolute atomic E-state index is 0.124. The molecule has 0 spiro atoms. The molecule has 2 aromatic rings. The first-order valence-corrected chi connectivity index (χ1v) is 9.10. The molecule has 0 saturated carbocycles. The van der Waals surface area contributed by atoms with Gasteiger partial charge < -0.3 is 9.55 Å². The summed E-state index contributed by atoms with van der Waals surface area (Å²) in [7, 11) is -3.48. The molecule has 0 aliphatic heterocycles. The molecule has 1 N–H and O–H groups in total. The Kier molecular flexibility index (Phi) is 4.46. The molecule has 0 aliphatic rings. The first-order valence-electron chi connectivity index (χ1n) is 6.40. The first kappa shape index (κ1) is 16.1. The van der Waals surface area contributed by atoms with Crippen molar-refractivity contribution in [2.24, 2.45) is 0 Å². The lowest BCUT2D eigenvalue weighted by atomic mass is 10.1. The largest absolute Gasteiger partial charge is 0.331 e. The second-order valence-corrected chi connectivity index (χ2v) is 7.55. The van der Waals surface area contributed by atoms with Crippen LogP contribution in [0.2, 0.25) is 0 Å². The Labute approximate surface area is 134 Å². The quantitative estimate of drug-likeness (QED) is 0.866. The SMILES string of the molecule is CCn1c(=S)[nH]c(-c2cccc(C)c2)c(S(C)(=O)=O)c1=S. The van der Waals surface area contributed by atoms with Crippen LogP contribution in [0.25, 0.3) is 11.3 Å². The molecule has 4 nitrogen and oxygen atoms in total. The van der Waals surface area contributed by atoms with Gasteiger partial charge >= 0.3 is 0 Å². The van der Waals surface area contributed by atoms with Crippen molar-refractivity contribution in [3.05, 3.63) is 39.2 Å². The van der Waals surface area contributed by atoms with Gasteiger partial charge in [0.05, 0.1) is 5.69 Å². The van der Waals surface area contributed by atoms with Crippen LogP contribution >= 0.6 is 24.4 Å². The summed E-state index contributed by atoms with van der Waals surface area (Å²) in [6.07, 6.45) is 1.16. The zero-order chi connectivity index (χ0) is 15.8. The van der Waals surface area contributed by atoms with E-state index in [0.717, 1.165) is 17.4 Å². The number of sulfone groups is 1. The predicted octanol–water partition coefficient (Wildman–Crippen LogP) is 3.67. The number of aryl methyl sites for hydroxylation is 1. The van der Waals surface area contributed by atoms with Gasteiger partial charge in [0, 0.05) is 12.8 Å². The summed E-state index contributed by atoms with van der Waals surface area (Å²) < 4.78 is 26.6. The van der Waals surface area contributed by atoms with Crippen molar-refractivity contribution in [2.75, 3.05) is 6.26 Å². The molecule has 112 valence electrons. The molecule has 0 unspecified atom stereocenters. The number of rotatable bonds is 3. The summed E-state index contributed by atoms with van der Waals surface area (Å²) in [5.74, 6) is 0. The summed E-state index contributed by atoms with van der Waals surface area (Å²) in [6.45, 7) is 4.34. The summed E-state index contributed by atoms with van der Waals surface area (Å²) >= 11 is 10.6. The van der Waals surface area contributed by atoms with Crippen molar-refractivity contribution in [3.8, 4) is 11.3 Å². The van der Waals surface area contributed by atoms with Gasteiger partial charge in [-0.2, -0.15) is 0 Å². The third-order valence-corrected chi connectivity index (χ3v) is 5.15. The van der Waals surface area contributed by atoms with Gasteiger partial charge in [-0.1, -0.05) is 36.0 Å². The highest BCUT2D eigenvalue weighted by atomic mass is 32.2. The third-order valence-electron chi connectivity index (χ3n) is 3.14. The van der Waals surface area contributed by atoms with Crippen LogP contribution in [0.3, 0.4) is 0 Å². The van der Waals surface area contributed by atoms with E-state index in [1.807, 2.05) is 38.1 Å². The molecular formula is C14H16N2O2S3. The van der Waals surface area contributed by atoms with Gasteiger partial charge in [-0.3, -0.25) is 0 Å². The fourth-order valence-corrected chi connectivity index (χ4v) is 4.31. The molecule has 1 aromatic carbocycles. The maximum Gasteiger partial charge on any atom is 0.180 e. The highest BCUT2D eigenvalue weighted by Crippen LogP contribution is 2.27. The van der Waals surface area contributed by atoms with Crippen LogP contribution in [0, 0.1) is 16.3 Å². The Bertz CT molecular complexity index is 909. The Hall–Kier alpha value is -1.31. The highest BCUT2D eigenvalue weighted by molar-refractivity contribution is 7.91. The molecule has 0 bridgehead atoms. The molecule has 21 heavy (non-hydrogen) atoms. The first-order chi connectivity index (χ1) is 9.75. The molecule has 0 aliphatic carbocycles. The van der Waals surface area contributed by atoms with E-state index in [1.54, 1.807) is 4.57 Å². The second-order valence-electron chi connectivity index (χ2n) is 4.83. The summed E-state index contributed by atoms with van der Waals surface area (Å²) in [4.78, 5) is 3.14. The van der Waals surface area contributed by atoms with Gasteiger partial charge in [0.1, 0.15) is 9.54 Å². The van der Waals surface area contributed by atoms with Crippen LogP contribution in [-0.4, -0.2) is 24.2 Å². The molecule has 2 rings (SSSR count). The van der Waals surface area contributed by atoms with Crippen molar-refractivity contribution >= 4 is 34.3 Å². The zero-order valence-corrected chi connectivity index (χ0v) is 14.5. The van der Waals surface area contributed by atoms with Crippen molar-refractivity contribution in [2.45, 2.75) is 25.3 Å². The average Bonchev–Trinajstić information content (AvgIpc) is 2.36. The van der Waals surface area contributed by atoms with Gasteiger partial charge in [-0.25, -0.2) is 8.42 Å².